The van der Waals surface area contributed by atoms with Crippen LogP contribution in [-0.2, 0) is 11.3 Å². The summed E-state index contributed by atoms with van der Waals surface area (Å²) in [5, 5.41) is 0.600. The normalized spacial score (nSPS) is 23.1. The Morgan fingerprint density at radius 1 is 1.30 bits per heavy atom. The maximum atomic E-state index is 12.0. The van der Waals surface area contributed by atoms with Gasteiger partial charge in [-0.25, -0.2) is 4.99 Å². The number of carbonyl (C=O) groups excluding carboxylic acids is 1. The summed E-state index contributed by atoms with van der Waals surface area (Å²) >= 11 is 1.43. The smallest absolute Gasteiger partial charge is 0.257 e. The largest absolute Gasteiger partial charge is 0.294 e. The van der Waals surface area contributed by atoms with Gasteiger partial charge in [-0.05, 0) is 18.2 Å². The zero-order valence-electron chi connectivity index (χ0n) is 11.5. The molecule has 4 nitrogen and oxygen atoms in total. The van der Waals surface area contributed by atoms with Gasteiger partial charge in [-0.15, -0.1) is 0 Å². The molecule has 2 heterocycles. The average Bonchev–Trinajstić information content (AvgIpc) is 2.48. The number of benzene rings is 1. The van der Waals surface area contributed by atoms with Gasteiger partial charge in [0.2, 0.25) is 0 Å². The van der Waals surface area contributed by atoms with Crippen LogP contribution in [-0.4, -0.2) is 41.0 Å². The highest BCUT2D eigenvalue weighted by Crippen LogP contribution is 2.23. The van der Waals surface area contributed by atoms with Crippen LogP contribution >= 0.6 is 11.8 Å². The summed E-state index contributed by atoms with van der Waals surface area (Å²) < 4.78 is 0. The van der Waals surface area contributed by atoms with Gasteiger partial charge in [-0.2, -0.15) is 4.99 Å². The number of amides is 1. The molecule has 2 aliphatic heterocycles. The molecule has 0 bridgehead atoms. The summed E-state index contributed by atoms with van der Waals surface area (Å²) in [5.41, 5.74) is 2.28. The predicted octanol–water partition coefficient (Wildman–Crippen LogP) is 2.21. The van der Waals surface area contributed by atoms with Gasteiger partial charge < -0.3 is 0 Å². The van der Waals surface area contributed by atoms with E-state index in [-0.39, 0.29) is 11.8 Å². The lowest BCUT2D eigenvalue weighted by Gasteiger charge is -2.33. The van der Waals surface area contributed by atoms with Crippen molar-refractivity contribution >= 4 is 28.5 Å². The molecule has 104 valence electrons. The van der Waals surface area contributed by atoms with Crippen molar-refractivity contribution in [3.05, 3.63) is 35.9 Å². The van der Waals surface area contributed by atoms with Crippen LogP contribution in [0, 0.1) is 5.92 Å². The van der Waals surface area contributed by atoms with Crippen molar-refractivity contribution in [1.82, 2.24) is 4.90 Å². The van der Waals surface area contributed by atoms with Gasteiger partial charge in [-0.1, -0.05) is 42.1 Å². The number of likely N-dealkylation sites (tertiary alicyclic amines) is 1. The molecule has 0 aliphatic carbocycles. The van der Waals surface area contributed by atoms with Gasteiger partial charge in [0.1, 0.15) is 0 Å². The second kappa shape index (κ2) is 5.89. The minimum Gasteiger partial charge on any atom is -0.294 e. The van der Waals surface area contributed by atoms with Gasteiger partial charge >= 0.3 is 0 Å². The summed E-state index contributed by atoms with van der Waals surface area (Å²) in [4.78, 5) is 22.9. The van der Waals surface area contributed by atoms with Crippen LogP contribution in [0.4, 0.5) is 0 Å². The summed E-state index contributed by atoms with van der Waals surface area (Å²) in [6.07, 6.45) is 2.73. The maximum Gasteiger partial charge on any atom is 0.257 e. The van der Waals surface area contributed by atoms with E-state index >= 15 is 0 Å². The Balaban J connectivity index is 1.72. The molecule has 3 rings (SSSR count). The van der Waals surface area contributed by atoms with Crippen molar-refractivity contribution in [2.24, 2.45) is 15.9 Å². The molecule has 1 fully saturated rings. The minimum absolute atomic E-state index is 0.0151. The Labute approximate surface area is 123 Å². The first-order chi connectivity index (χ1) is 9.76. The average molecular weight is 287 g/mol. The van der Waals surface area contributed by atoms with E-state index in [2.05, 4.69) is 39.2 Å². The fraction of sp³-hybridized carbons (Fsp3) is 0.400. The second-order valence-electron chi connectivity index (χ2n) is 5.08. The van der Waals surface area contributed by atoms with E-state index in [9.17, 15) is 4.79 Å². The Morgan fingerprint density at radius 2 is 2.10 bits per heavy atom. The molecule has 1 amide bonds. The number of carbonyl (C=O) groups is 1. The highest BCUT2D eigenvalue weighted by Gasteiger charge is 2.33. The number of amidine groups is 1. The SMILES string of the molecule is CSC1=NC(=O)C2CCN(Cc3ccccc3)CC2=N1. The van der Waals surface area contributed by atoms with E-state index in [1.807, 2.05) is 12.3 Å². The van der Waals surface area contributed by atoms with Crippen molar-refractivity contribution in [3.63, 3.8) is 0 Å². The van der Waals surface area contributed by atoms with Crippen molar-refractivity contribution in [3.8, 4) is 0 Å². The van der Waals surface area contributed by atoms with Crippen LogP contribution in [0.1, 0.15) is 12.0 Å². The maximum absolute atomic E-state index is 12.0. The first-order valence-corrected chi connectivity index (χ1v) is 7.99. The van der Waals surface area contributed by atoms with E-state index in [1.165, 1.54) is 17.3 Å². The number of thioether (sulfide) groups is 1. The summed E-state index contributed by atoms with van der Waals surface area (Å²) in [6.45, 7) is 2.60. The van der Waals surface area contributed by atoms with E-state index in [0.29, 0.717) is 5.17 Å². The molecule has 0 radical (unpaired) electrons. The molecule has 0 N–H and O–H groups in total. The zero-order valence-corrected chi connectivity index (χ0v) is 12.3. The Bertz CT molecular complexity index is 568. The Kier molecular flexibility index (Phi) is 3.98. The monoisotopic (exact) mass is 287 g/mol. The van der Waals surface area contributed by atoms with Crippen LogP contribution in [0.3, 0.4) is 0 Å². The number of rotatable bonds is 2. The third-order valence-electron chi connectivity index (χ3n) is 3.70. The standard InChI is InChI=1S/C15H17N3OS/c1-20-15-16-13-10-18(8-7-12(13)14(19)17-15)9-11-5-3-2-4-6-11/h2-6,12H,7-10H2,1H3. The minimum atomic E-state index is -0.0853. The van der Waals surface area contributed by atoms with Crippen molar-refractivity contribution < 1.29 is 4.79 Å². The lowest BCUT2D eigenvalue weighted by Crippen LogP contribution is -2.44. The molecule has 0 saturated carbocycles. The van der Waals surface area contributed by atoms with Gasteiger partial charge in [0.25, 0.3) is 5.91 Å². The molecule has 1 aromatic rings. The highest BCUT2D eigenvalue weighted by molar-refractivity contribution is 8.13. The molecule has 20 heavy (non-hydrogen) atoms. The first-order valence-electron chi connectivity index (χ1n) is 6.76. The molecule has 1 atom stereocenters. The molecule has 1 saturated heterocycles. The van der Waals surface area contributed by atoms with E-state index in [0.717, 1.165) is 31.8 Å². The van der Waals surface area contributed by atoms with Crippen LogP contribution in [0.5, 0.6) is 0 Å². The van der Waals surface area contributed by atoms with Crippen LogP contribution in [0.25, 0.3) is 0 Å². The number of nitrogens with zero attached hydrogens (tertiary/aromatic N) is 3. The van der Waals surface area contributed by atoms with Crippen molar-refractivity contribution in [2.75, 3.05) is 19.3 Å². The Hall–Kier alpha value is -1.46. The molecule has 1 aromatic carbocycles. The Morgan fingerprint density at radius 3 is 2.85 bits per heavy atom. The molecule has 1 unspecified atom stereocenters. The number of aliphatic imine (C=N–C) groups is 2. The third kappa shape index (κ3) is 2.83. The number of hydrogen-bond acceptors (Lipinski definition) is 4. The lowest BCUT2D eigenvalue weighted by molar-refractivity contribution is -0.120. The van der Waals surface area contributed by atoms with E-state index in [4.69, 9.17) is 0 Å². The number of piperidine rings is 1. The third-order valence-corrected chi connectivity index (χ3v) is 4.24. The highest BCUT2D eigenvalue weighted by atomic mass is 32.2. The molecular weight excluding hydrogens is 270 g/mol. The van der Waals surface area contributed by atoms with Crippen LogP contribution in [0.15, 0.2) is 40.3 Å². The second-order valence-corrected chi connectivity index (χ2v) is 5.85. The summed E-state index contributed by atoms with van der Waals surface area (Å²) in [5.74, 6) is -0.100. The fourth-order valence-corrected chi connectivity index (χ4v) is 3.05. The predicted molar refractivity (Wildman–Crippen MR) is 83.2 cm³/mol. The van der Waals surface area contributed by atoms with Crippen LogP contribution < -0.4 is 0 Å². The van der Waals surface area contributed by atoms with E-state index in [1.54, 1.807) is 0 Å². The van der Waals surface area contributed by atoms with Gasteiger partial charge in [0.05, 0.1) is 5.92 Å². The van der Waals surface area contributed by atoms with Gasteiger partial charge in [0.15, 0.2) is 5.17 Å². The van der Waals surface area contributed by atoms with E-state index < -0.39 is 0 Å². The van der Waals surface area contributed by atoms with Crippen molar-refractivity contribution in [1.29, 1.82) is 0 Å². The number of fused-ring (bicyclic) bond motifs is 1. The van der Waals surface area contributed by atoms with Gasteiger partial charge in [-0.3, -0.25) is 9.69 Å². The topological polar surface area (TPSA) is 45.0 Å². The quantitative estimate of drug-likeness (QED) is 0.837. The van der Waals surface area contributed by atoms with Gasteiger partial charge in [0, 0.05) is 25.3 Å². The fourth-order valence-electron chi connectivity index (χ4n) is 2.66. The first kappa shape index (κ1) is 13.5. The lowest BCUT2D eigenvalue weighted by atomic mass is 9.93. The molecule has 0 spiro atoms. The zero-order chi connectivity index (χ0) is 13.9. The molecule has 5 heteroatoms. The summed E-state index contributed by atoms with van der Waals surface area (Å²) in [7, 11) is 0. The van der Waals surface area contributed by atoms with Crippen LogP contribution in [0.2, 0.25) is 0 Å². The number of hydrogen-bond donors (Lipinski definition) is 0. The molecular formula is C15H17N3OS. The molecule has 0 aromatic heterocycles. The molecule has 2 aliphatic rings. The summed E-state index contributed by atoms with van der Waals surface area (Å²) in [6, 6.07) is 10.4. The van der Waals surface area contributed by atoms with Crippen molar-refractivity contribution in [2.45, 2.75) is 13.0 Å².